The smallest absolute Gasteiger partial charge is 0.282 e. The first-order chi connectivity index (χ1) is 18.5. The van der Waals surface area contributed by atoms with E-state index in [1.165, 1.54) is 4.68 Å². The summed E-state index contributed by atoms with van der Waals surface area (Å²) >= 11 is 3.42. The summed E-state index contributed by atoms with van der Waals surface area (Å²) in [5, 5.41) is 4.95. The van der Waals surface area contributed by atoms with E-state index in [2.05, 4.69) is 32.6 Å². The molecule has 5 rings (SSSR count). The van der Waals surface area contributed by atoms with Gasteiger partial charge in [-0.1, -0.05) is 28.1 Å². The zero-order chi connectivity index (χ0) is 26.6. The van der Waals surface area contributed by atoms with E-state index in [1.54, 1.807) is 31.3 Å². The van der Waals surface area contributed by atoms with Crippen molar-refractivity contribution in [2.75, 3.05) is 13.4 Å². The van der Waals surface area contributed by atoms with Gasteiger partial charge in [-0.15, -0.1) is 6.58 Å². The molecule has 0 saturated heterocycles. The quantitative estimate of drug-likeness (QED) is 0.186. The normalized spacial score (nSPS) is 12.3. The van der Waals surface area contributed by atoms with Gasteiger partial charge in [0.2, 0.25) is 6.79 Å². The van der Waals surface area contributed by atoms with E-state index in [1.807, 2.05) is 43.3 Å². The molecule has 194 valence electrons. The molecular weight excluding hydrogens is 550 g/mol. The number of nitrogens with zero attached hydrogens (tertiary/aromatic N) is 3. The van der Waals surface area contributed by atoms with Crippen molar-refractivity contribution < 1.29 is 18.9 Å². The second-order valence-corrected chi connectivity index (χ2v) is 9.51. The standard InChI is InChI=1S/C29H26BrN3O5/c1-4-6-21-11-20(15-31-33-18(3)32-24-9-8-22(30)14-23(24)29(33)34)13-27(35-5-2)28(21)36-16-19-7-10-25-26(12-19)38-17-37-25/h4,7-15H,1,5-6,16-17H2,2-3H3. The van der Waals surface area contributed by atoms with Crippen LogP contribution in [0.4, 0.5) is 0 Å². The molecule has 8 nitrogen and oxygen atoms in total. The summed E-state index contributed by atoms with van der Waals surface area (Å²) in [5.74, 6) is 3.13. The van der Waals surface area contributed by atoms with E-state index in [0.29, 0.717) is 53.6 Å². The molecule has 0 spiro atoms. The topological polar surface area (TPSA) is 84.2 Å². The highest BCUT2D eigenvalue weighted by molar-refractivity contribution is 9.10. The van der Waals surface area contributed by atoms with Crippen LogP contribution < -0.4 is 24.5 Å². The van der Waals surface area contributed by atoms with Crippen molar-refractivity contribution in [1.29, 1.82) is 0 Å². The van der Waals surface area contributed by atoms with E-state index in [0.717, 1.165) is 26.9 Å². The highest BCUT2D eigenvalue weighted by Gasteiger charge is 2.16. The van der Waals surface area contributed by atoms with Gasteiger partial charge >= 0.3 is 0 Å². The number of benzene rings is 3. The molecule has 0 amide bonds. The number of aromatic nitrogens is 2. The number of hydrogen-bond acceptors (Lipinski definition) is 7. The number of allylic oxidation sites excluding steroid dienone is 1. The van der Waals surface area contributed by atoms with Gasteiger partial charge in [0.1, 0.15) is 12.4 Å². The van der Waals surface area contributed by atoms with Crippen LogP contribution in [0.3, 0.4) is 0 Å². The monoisotopic (exact) mass is 575 g/mol. The molecule has 0 atom stereocenters. The molecule has 1 aliphatic rings. The maximum atomic E-state index is 13.1. The van der Waals surface area contributed by atoms with E-state index < -0.39 is 0 Å². The van der Waals surface area contributed by atoms with Gasteiger partial charge in [0.05, 0.1) is 23.7 Å². The highest BCUT2D eigenvalue weighted by atomic mass is 79.9. The Bertz CT molecular complexity index is 1610. The molecule has 0 aliphatic carbocycles. The molecule has 0 fully saturated rings. The molecule has 4 aromatic rings. The van der Waals surface area contributed by atoms with Crippen LogP contribution in [0, 0.1) is 6.92 Å². The van der Waals surface area contributed by atoms with Crippen molar-refractivity contribution in [2.24, 2.45) is 5.10 Å². The predicted octanol–water partition coefficient (Wildman–Crippen LogP) is 5.78. The number of hydrogen-bond donors (Lipinski definition) is 0. The molecule has 0 saturated carbocycles. The Morgan fingerprint density at radius 3 is 2.79 bits per heavy atom. The lowest BCUT2D eigenvalue weighted by molar-refractivity contribution is 0.174. The lowest BCUT2D eigenvalue weighted by Crippen LogP contribution is -2.20. The zero-order valence-electron chi connectivity index (χ0n) is 21.1. The fraction of sp³-hybridized carbons (Fsp3) is 0.207. The Hall–Kier alpha value is -4.11. The molecule has 0 unspecified atom stereocenters. The van der Waals surface area contributed by atoms with E-state index in [4.69, 9.17) is 18.9 Å². The largest absolute Gasteiger partial charge is 0.490 e. The Morgan fingerprint density at radius 2 is 1.97 bits per heavy atom. The van der Waals surface area contributed by atoms with Gasteiger partial charge < -0.3 is 18.9 Å². The molecule has 1 aromatic heterocycles. The molecule has 9 heteroatoms. The molecule has 2 heterocycles. The summed E-state index contributed by atoms with van der Waals surface area (Å²) in [6.45, 7) is 8.56. The van der Waals surface area contributed by atoms with Crippen LogP contribution in [0.15, 0.2) is 75.6 Å². The second kappa shape index (κ2) is 11.1. The van der Waals surface area contributed by atoms with Gasteiger partial charge in [-0.05, 0) is 73.9 Å². The summed E-state index contributed by atoms with van der Waals surface area (Å²) in [6.07, 6.45) is 3.98. The third-order valence-corrected chi connectivity index (χ3v) is 6.42. The first-order valence-corrected chi connectivity index (χ1v) is 12.9. The summed E-state index contributed by atoms with van der Waals surface area (Å²) in [4.78, 5) is 17.6. The Labute approximate surface area is 228 Å². The fourth-order valence-electron chi connectivity index (χ4n) is 4.20. The minimum absolute atomic E-state index is 0.221. The summed E-state index contributed by atoms with van der Waals surface area (Å²) in [5.41, 5.74) is 2.96. The number of ether oxygens (including phenoxy) is 4. The van der Waals surface area contributed by atoms with Crippen molar-refractivity contribution in [1.82, 2.24) is 9.66 Å². The summed E-state index contributed by atoms with van der Waals surface area (Å²) < 4.78 is 25.2. The van der Waals surface area contributed by atoms with Crippen LogP contribution in [-0.2, 0) is 13.0 Å². The second-order valence-electron chi connectivity index (χ2n) is 8.59. The number of halogens is 1. The first kappa shape index (κ1) is 25.5. The van der Waals surface area contributed by atoms with Gasteiger partial charge in [-0.2, -0.15) is 9.78 Å². The molecule has 0 bridgehead atoms. The lowest BCUT2D eigenvalue weighted by atomic mass is 10.1. The Morgan fingerprint density at radius 1 is 1.13 bits per heavy atom. The maximum absolute atomic E-state index is 13.1. The van der Waals surface area contributed by atoms with Crippen molar-refractivity contribution in [3.63, 3.8) is 0 Å². The maximum Gasteiger partial charge on any atom is 0.282 e. The van der Waals surface area contributed by atoms with E-state index in [9.17, 15) is 4.79 Å². The highest BCUT2D eigenvalue weighted by Crippen LogP contribution is 2.36. The van der Waals surface area contributed by atoms with Crippen molar-refractivity contribution in [2.45, 2.75) is 26.9 Å². The molecule has 38 heavy (non-hydrogen) atoms. The molecule has 0 radical (unpaired) electrons. The number of rotatable bonds is 9. The summed E-state index contributed by atoms with van der Waals surface area (Å²) in [7, 11) is 0. The molecular formula is C29H26BrN3O5. The number of fused-ring (bicyclic) bond motifs is 2. The average molecular weight is 576 g/mol. The SMILES string of the molecule is C=CCc1cc(C=Nn2c(C)nc3ccc(Br)cc3c2=O)cc(OCC)c1OCc1ccc2c(c1)OCO2. The lowest BCUT2D eigenvalue weighted by Gasteiger charge is -2.17. The average Bonchev–Trinajstić information content (AvgIpc) is 3.37. The van der Waals surface area contributed by atoms with Gasteiger partial charge in [0.15, 0.2) is 23.0 Å². The van der Waals surface area contributed by atoms with Gasteiger partial charge in [-0.3, -0.25) is 4.79 Å². The predicted molar refractivity (Wildman–Crippen MR) is 150 cm³/mol. The Balaban J connectivity index is 1.47. The van der Waals surface area contributed by atoms with Crippen LogP contribution in [-0.4, -0.2) is 29.3 Å². The summed E-state index contributed by atoms with van der Waals surface area (Å²) in [6, 6.07) is 14.9. The van der Waals surface area contributed by atoms with Gasteiger partial charge in [0, 0.05) is 10.0 Å². The van der Waals surface area contributed by atoms with Crippen molar-refractivity contribution >= 4 is 33.0 Å². The van der Waals surface area contributed by atoms with Crippen molar-refractivity contribution in [3.8, 4) is 23.0 Å². The van der Waals surface area contributed by atoms with Crippen LogP contribution in [0.2, 0.25) is 0 Å². The molecule has 0 N–H and O–H groups in total. The number of aryl methyl sites for hydroxylation is 1. The van der Waals surface area contributed by atoms with Crippen LogP contribution >= 0.6 is 15.9 Å². The van der Waals surface area contributed by atoms with Gasteiger partial charge in [-0.25, -0.2) is 4.98 Å². The first-order valence-electron chi connectivity index (χ1n) is 12.1. The van der Waals surface area contributed by atoms with E-state index >= 15 is 0 Å². The van der Waals surface area contributed by atoms with Crippen molar-refractivity contribution in [3.05, 3.63) is 98.5 Å². The van der Waals surface area contributed by atoms with Crippen LogP contribution in [0.25, 0.3) is 10.9 Å². The molecule has 3 aromatic carbocycles. The third-order valence-electron chi connectivity index (χ3n) is 5.93. The minimum atomic E-state index is -0.245. The minimum Gasteiger partial charge on any atom is -0.490 e. The molecule has 1 aliphatic heterocycles. The zero-order valence-corrected chi connectivity index (χ0v) is 22.7. The van der Waals surface area contributed by atoms with Crippen LogP contribution in [0.1, 0.15) is 29.4 Å². The third kappa shape index (κ3) is 5.28. The fourth-order valence-corrected chi connectivity index (χ4v) is 4.56. The van der Waals surface area contributed by atoms with E-state index in [-0.39, 0.29) is 12.4 Å². The Kier molecular flexibility index (Phi) is 7.46. The van der Waals surface area contributed by atoms with Crippen LogP contribution in [0.5, 0.6) is 23.0 Å². The van der Waals surface area contributed by atoms with Gasteiger partial charge in [0.25, 0.3) is 5.56 Å².